The fraction of sp³-hybridized carbons (Fsp3) is 0.389. The van der Waals surface area contributed by atoms with Gasteiger partial charge in [0.15, 0.2) is 0 Å². The molecule has 1 atom stereocenters. The molecule has 0 saturated heterocycles. The van der Waals surface area contributed by atoms with Gasteiger partial charge in [-0.25, -0.2) is 13.1 Å². The fourth-order valence-electron chi connectivity index (χ4n) is 2.33. The summed E-state index contributed by atoms with van der Waals surface area (Å²) < 4.78 is 32.7. The first-order valence-electron chi connectivity index (χ1n) is 7.86. The summed E-state index contributed by atoms with van der Waals surface area (Å²) in [6, 6.07) is 9.77. The van der Waals surface area contributed by atoms with E-state index in [1.807, 2.05) is 23.6 Å². The van der Waals surface area contributed by atoms with E-state index < -0.39 is 22.0 Å². The van der Waals surface area contributed by atoms with Gasteiger partial charge in [-0.2, -0.15) is 0 Å². The molecule has 1 N–H and O–H groups in total. The number of thiophene rings is 1. The highest BCUT2D eigenvalue weighted by Gasteiger charge is 2.25. The highest BCUT2D eigenvalue weighted by atomic mass is 32.2. The van der Waals surface area contributed by atoms with Crippen LogP contribution < -0.4 is 4.72 Å². The smallest absolute Gasteiger partial charge is 0.307 e. The number of ether oxygens (including phenoxy) is 1. The van der Waals surface area contributed by atoms with Crippen LogP contribution in [-0.2, 0) is 25.0 Å². The molecule has 1 heterocycles. The lowest BCUT2D eigenvalue weighted by Crippen LogP contribution is -2.30. The average Bonchev–Trinajstić information content (AvgIpc) is 3.07. The third kappa shape index (κ3) is 5.14. The first kappa shape index (κ1) is 19.6. The van der Waals surface area contributed by atoms with Crippen LogP contribution in [0.15, 0.2) is 46.7 Å². The van der Waals surface area contributed by atoms with Crippen molar-refractivity contribution >= 4 is 27.3 Å². The Hall–Kier alpha value is -1.70. The molecule has 0 fully saturated rings. The molecule has 1 aromatic carbocycles. The maximum absolute atomic E-state index is 12.7. The Morgan fingerprint density at radius 2 is 1.84 bits per heavy atom. The van der Waals surface area contributed by atoms with Crippen molar-refractivity contribution in [1.82, 2.24) is 4.72 Å². The van der Waals surface area contributed by atoms with Crippen LogP contribution in [0.5, 0.6) is 0 Å². The van der Waals surface area contributed by atoms with Gasteiger partial charge in [0.2, 0.25) is 10.0 Å². The fourth-order valence-corrected chi connectivity index (χ4v) is 4.40. The normalized spacial score (nSPS) is 13.4. The predicted octanol–water partition coefficient (Wildman–Crippen LogP) is 3.63. The van der Waals surface area contributed by atoms with Crippen molar-refractivity contribution < 1.29 is 17.9 Å². The molecule has 0 amide bonds. The van der Waals surface area contributed by atoms with E-state index in [1.165, 1.54) is 18.4 Å². The molecule has 0 radical (unpaired) electrons. The predicted molar refractivity (Wildman–Crippen MR) is 99.2 cm³/mol. The van der Waals surface area contributed by atoms with Crippen molar-refractivity contribution in [2.45, 2.75) is 43.5 Å². The summed E-state index contributed by atoms with van der Waals surface area (Å²) in [6.07, 6.45) is -0.0592. The Labute approximate surface area is 153 Å². The molecule has 1 unspecified atom stereocenters. The molecule has 2 aromatic rings. The zero-order chi connectivity index (χ0) is 18.7. The van der Waals surface area contributed by atoms with Gasteiger partial charge in [-0.05, 0) is 34.6 Å². The van der Waals surface area contributed by atoms with Gasteiger partial charge >= 0.3 is 5.97 Å². The maximum Gasteiger partial charge on any atom is 0.307 e. The van der Waals surface area contributed by atoms with E-state index in [9.17, 15) is 13.2 Å². The van der Waals surface area contributed by atoms with Gasteiger partial charge in [0, 0.05) is 4.88 Å². The van der Waals surface area contributed by atoms with Crippen LogP contribution in [-0.4, -0.2) is 21.5 Å². The zero-order valence-corrected chi connectivity index (χ0v) is 16.4. The molecular formula is C18H23NO4S2. The number of benzene rings is 1. The monoisotopic (exact) mass is 381 g/mol. The van der Waals surface area contributed by atoms with Crippen molar-refractivity contribution in [2.75, 3.05) is 7.11 Å². The van der Waals surface area contributed by atoms with Crippen LogP contribution in [0.3, 0.4) is 0 Å². The van der Waals surface area contributed by atoms with Gasteiger partial charge in [-0.3, -0.25) is 4.79 Å². The molecule has 0 spiro atoms. The summed E-state index contributed by atoms with van der Waals surface area (Å²) in [5, 5.41) is 1.84. The van der Waals surface area contributed by atoms with E-state index in [-0.39, 0.29) is 16.7 Å². The van der Waals surface area contributed by atoms with Crippen LogP contribution >= 0.6 is 11.3 Å². The maximum atomic E-state index is 12.7. The van der Waals surface area contributed by atoms with E-state index in [0.717, 1.165) is 10.4 Å². The lowest BCUT2D eigenvalue weighted by molar-refractivity contribution is -0.141. The summed E-state index contributed by atoms with van der Waals surface area (Å²) in [7, 11) is -2.47. The van der Waals surface area contributed by atoms with Gasteiger partial charge in [0.1, 0.15) is 0 Å². The van der Waals surface area contributed by atoms with Crippen LogP contribution in [0.2, 0.25) is 0 Å². The SMILES string of the molecule is COC(=O)CC(NS(=O)(=O)c1ccc(C(C)(C)C)cc1)c1cccs1. The quantitative estimate of drug-likeness (QED) is 0.776. The molecule has 0 saturated carbocycles. The Morgan fingerprint density at radius 3 is 2.32 bits per heavy atom. The zero-order valence-electron chi connectivity index (χ0n) is 14.8. The largest absolute Gasteiger partial charge is 0.469 e. The van der Waals surface area contributed by atoms with Crippen molar-refractivity contribution in [3.63, 3.8) is 0 Å². The standard InChI is InChI=1S/C18H23NO4S2/c1-18(2,3)13-7-9-14(10-8-13)25(21,22)19-15(12-17(20)23-4)16-6-5-11-24-16/h5-11,15,19H,12H2,1-4H3. The first-order chi connectivity index (χ1) is 11.6. The Balaban J connectivity index is 2.26. The topological polar surface area (TPSA) is 72.5 Å². The van der Waals surface area contributed by atoms with E-state index in [0.29, 0.717) is 0 Å². The minimum atomic E-state index is -3.75. The lowest BCUT2D eigenvalue weighted by Gasteiger charge is -2.20. The van der Waals surface area contributed by atoms with Gasteiger partial charge in [-0.15, -0.1) is 11.3 Å². The van der Waals surface area contributed by atoms with Crippen molar-refractivity contribution in [3.8, 4) is 0 Å². The molecule has 0 aliphatic rings. The minimum Gasteiger partial charge on any atom is -0.469 e. The van der Waals surface area contributed by atoms with Gasteiger partial charge in [0.25, 0.3) is 0 Å². The van der Waals surface area contributed by atoms with Crippen LogP contribution in [0, 0.1) is 0 Å². The minimum absolute atomic E-state index is 0.0554. The molecule has 2 rings (SSSR count). The Bertz CT molecular complexity index is 804. The molecule has 25 heavy (non-hydrogen) atoms. The molecule has 7 heteroatoms. The summed E-state index contributed by atoms with van der Waals surface area (Å²) in [6.45, 7) is 6.20. The summed E-state index contributed by atoms with van der Waals surface area (Å²) in [5.41, 5.74) is 0.996. The van der Waals surface area contributed by atoms with E-state index in [1.54, 1.807) is 18.2 Å². The van der Waals surface area contributed by atoms with Crippen LogP contribution in [0.4, 0.5) is 0 Å². The Kier molecular flexibility index (Phi) is 6.03. The number of hydrogen-bond donors (Lipinski definition) is 1. The summed E-state index contributed by atoms with van der Waals surface area (Å²) in [5.74, 6) is -0.468. The van der Waals surface area contributed by atoms with Crippen LogP contribution in [0.25, 0.3) is 0 Å². The third-order valence-electron chi connectivity index (χ3n) is 3.81. The molecule has 0 aliphatic carbocycles. The van der Waals surface area contributed by atoms with E-state index in [2.05, 4.69) is 30.2 Å². The van der Waals surface area contributed by atoms with Crippen molar-refractivity contribution in [1.29, 1.82) is 0 Å². The lowest BCUT2D eigenvalue weighted by atomic mass is 9.87. The number of esters is 1. The average molecular weight is 382 g/mol. The van der Waals surface area contributed by atoms with Crippen molar-refractivity contribution in [3.05, 3.63) is 52.2 Å². The molecule has 136 valence electrons. The number of hydrogen-bond acceptors (Lipinski definition) is 5. The Morgan fingerprint density at radius 1 is 1.20 bits per heavy atom. The number of sulfonamides is 1. The summed E-state index contributed by atoms with van der Waals surface area (Å²) >= 11 is 1.39. The molecule has 0 aliphatic heterocycles. The van der Waals surface area contributed by atoms with Gasteiger partial charge in [-0.1, -0.05) is 39.0 Å². The number of nitrogens with one attached hydrogen (secondary N) is 1. The first-order valence-corrected chi connectivity index (χ1v) is 10.2. The molecule has 1 aromatic heterocycles. The van der Waals surface area contributed by atoms with Crippen LogP contribution in [0.1, 0.15) is 43.7 Å². The molecule has 5 nitrogen and oxygen atoms in total. The highest BCUT2D eigenvalue weighted by molar-refractivity contribution is 7.89. The highest BCUT2D eigenvalue weighted by Crippen LogP contribution is 2.26. The number of carbonyl (C=O) groups excluding carboxylic acids is 1. The van der Waals surface area contributed by atoms with Crippen molar-refractivity contribution in [2.24, 2.45) is 0 Å². The van der Waals surface area contributed by atoms with E-state index in [4.69, 9.17) is 0 Å². The third-order valence-corrected chi connectivity index (χ3v) is 6.29. The number of carbonyl (C=O) groups is 1. The molecule has 0 bridgehead atoms. The number of methoxy groups -OCH3 is 1. The second-order valence-electron chi connectivity index (χ2n) is 6.74. The number of rotatable bonds is 6. The second-order valence-corrected chi connectivity index (χ2v) is 9.44. The summed E-state index contributed by atoms with van der Waals surface area (Å²) in [4.78, 5) is 12.6. The van der Waals surface area contributed by atoms with Gasteiger partial charge in [0.05, 0.1) is 24.5 Å². The van der Waals surface area contributed by atoms with Gasteiger partial charge < -0.3 is 4.74 Å². The molecular weight excluding hydrogens is 358 g/mol. The second kappa shape index (κ2) is 7.68. The van der Waals surface area contributed by atoms with E-state index >= 15 is 0 Å².